The lowest BCUT2D eigenvalue weighted by Gasteiger charge is -2.10. The van der Waals surface area contributed by atoms with Gasteiger partial charge in [0.2, 0.25) is 0 Å². The zero-order valence-corrected chi connectivity index (χ0v) is 12.7. The Bertz CT molecular complexity index is 626. The SMILES string of the molecule is Cc1cccc(C(=O)NC(=S)NCCc2ccccc2)c1. The molecule has 0 aliphatic carbocycles. The molecule has 0 aromatic heterocycles. The van der Waals surface area contributed by atoms with E-state index in [9.17, 15) is 4.79 Å². The third-order valence-corrected chi connectivity index (χ3v) is 3.30. The van der Waals surface area contributed by atoms with E-state index in [1.807, 2.05) is 43.3 Å². The summed E-state index contributed by atoms with van der Waals surface area (Å²) in [7, 11) is 0. The van der Waals surface area contributed by atoms with Crippen molar-refractivity contribution < 1.29 is 4.79 Å². The minimum Gasteiger partial charge on any atom is -0.362 e. The van der Waals surface area contributed by atoms with Crippen LogP contribution in [0, 0.1) is 6.92 Å². The lowest BCUT2D eigenvalue weighted by molar-refractivity contribution is 0.0976. The molecule has 0 heterocycles. The molecule has 0 aliphatic rings. The van der Waals surface area contributed by atoms with Crippen LogP contribution in [-0.2, 0) is 6.42 Å². The molecule has 0 saturated heterocycles. The van der Waals surface area contributed by atoms with Crippen LogP contribution < -0.4 is 10.6 Å². The Labute approximate surface area is 130 Å². The fourth-order valence-corrected chi connectivity index (χ4v) is 2.17. The number of thiocarbonyl (C=S) groups is 1. The molecule has 0 saturated carbocycles. The topological polar surface area (TPSA) is 41.1 Å². The van der Waals surface area contributed by atoms with Crippen molar-refractivity contribution in [1.29, 1.82) is 0 Å². The Hall–Kier alpha value is -2.20. The summed E-state index contributed by atoms with van der Waals surface area (Å²) in [5, 5.41) is 6.10. The lowest BCUT2D eigenvalue weighted by atomic mass is 10.1. The number of hydrogen-bond acceptors (Lipinski definition) is 2. The number of carbonyl (C=O) groups excluding carboxylic acids is 1. The summed E-state index contributed by atoms with van der Waals surface area (Å²) in [6.45, 7) is 2.64. The molecule has 4 heteroatoms. The summed E-state index contributed by atoms with van der Waals surface area (Å²) < 4.78 is 0. The van der Waals surface area contributed by atoms with Gasteiger partial charge in [-0.3, -0.25) is 10.1 Å². The lowest BCUT2D eigenvalue weighted by Crippen LogP contribution is -2.40. The number of nitrogens with one attached hydrogen (secondary N) is 2. The molecule has 0 fully saturated rings. The quantitative estimate of drug-likeness (QED) is 0.853. The van der Waals surface area contributed by atoms with Gasteiger partial charge in [-0.25, -0.2) is 0 Å². The van der Waals surface area contributed by atoms with Crippen molar-refractivity contribution in [3.8, 4) is 0 Å². The predicted octanol–water partition coefficient (Wildman–Crippen LogP) is 2.84. The molecule has 108 valence electrons. The number of amides is 1. The highest BCUT2D eigenvalue weighted by Crippen LogP contribution is 2.03. The molecule has 21 heavy (non-hydrogen) atoms. The van der Waals surface area contributed by atoms with Gasteiger partial charge in [0.1, 0.15) is 0 Å². The van der Waals surface area contributed by atoms with E-state index in [0.29, 0.717) is 17.2 Å². The van der Waals surface area contributed by atoms with E-state index in [2.05, 4.69) is 22.8 Å². The normalized spacial score (nSPS) is 9.95. The average Bonchev–Trinajstić information content (AvgIpc) is 2.48. The van der Waals surface area contributed by atoms with Crippen LogP contribution in [0.25, 0.3) is 0 Å². The van der Waals surface area contributed by atoms with Crippen LogP contribution in [-0.4, -0.2) is 17.6 Å². The monoisotopic (exact) mass is 298 g/mol. The van der Waals surface area contributed by atoms with Crippen LogP contribution in [0.4, 0.5) is 0 Å². The predicted molar refractivity (Wildman–Crippen MR) is 89.4 cm³/mol. The third kappa shape index (κ3) is 5.00. The van der Waals surface area contributed by atoms with Crippen molar-refractivity contribution in [1.82, 2.24) is 10.6 Å². The number of rotatable bonds is 4. The Kier molecular flexibility index (Phi) is 5.46. The van der Waals surface area contributed by atoms with Crippen molar-refractivity contribution in [3.63, 3.8) is 0 Å². The largest absolute Gasteiger partial charge is 0.362 e. The fraction of sp³-hybridized carbons (Fsp3) is 0.176. The molecule has 0 atom stereocenters. The molecule has 0 spiro atoms. The summed E-state index contributed by atoms with van der Waals surface area (Å²) in [5.41, 5.74) is 2.89. The van der Waals surface area contributed by atoms with Crippen LogP contribution in [0.2, 0.25) is 0 Å². The molecule has 3 nitrogen and oxygen atoms in total. The maximum Gasteiger partial charge on any atom is 0.257 e. The summed E-state index contributed by atoms with van der Waals surface area (Å²) in [6, 6.07) is 17.6. The van der Waals surface area contributed by atoms with Gasteiger partial charge in [-0.1, -0.05) is 48.0 Å². The molecule has 0 bridgehead atoms. The van der Waals surface area contributed by atoms with Crippen LogP contribution in [0.3, 0.4) is 0 Å². The zero-order valence-electron chi connectivity index (χ0n) is 11.9. The summed E-state index contributed by atoms with van der Waals surface area (Å²) in [5.74, 6) is -0.184. The van der Waals surface area contributed by atoms with E-state index in [-0.39, 0.29) is 5.91 Å². The first-order valence-corrected chi connectivity index (χ1v) is 7.26. The van der Waals surface area contributed by atoms with Gasteiger partial charge in [-0.2, -0.15) is 0 Å². The van der Waals surface area contributed by atoms with Crippen molar-refractivity contribution in [2.24, 2.45) is 0 Å². The molecule has 0 radical (unpaired) electrons. The second-order valence-corrected chi connectivity index (χ2v) is 5.22. The van der Waals surface area contributed by atoms with Gasteiger partial charge in [0, 0.05) is 12.1 Å². The number of benzene rings is 2. The molecule has 1 amide bonds. The third-order valence-electron chi connectivity index (χ3n) is 3.05. The molecular formula is C17H18N2OS. The highest BCUT2D eigenvalue weighted by Gasteiger charge is 2.07. The van der Waals surface area contributed by atoms with Gasteiger partial charge in [-0.15, -0.1) is 0 Å². The minimum absolute atomic E-state index is 0.184. The number of carbonyl (C=O) groups is 1. The molecule has 0 aliphatic heterocycles. The van der Waals surface area contributed by atoms with E-state index in [1.54, 1.807) is 6.07 Å². The van der Waals surface area contributed by atoms with Gasteiger partial charge in [0.05, 0.1) is 0 Å². The summed E-state index contributed by atoms with van der Waals surface area (Å²) in [4.78, 5) is 12.0. The summed E-state index contributed by atoms with van der Waals surface area (Å²) >= 11 is 5.14. The first-order chi connectivity index (χ1) is 10.1. The zero-order chi connectivity index (χ0) is 15.1. The second kappa shape index (κ2) is 7.55. The Morgan fingerprint density at radius 3 is 2.57 bits per heavy atom. The van der Waals surface area contributed by atoms with Crippen LogP contribution in [0.15, 0.2) is 54.6 Å². The van der Waals surface area contributed by atoms with E-state index in [0.717, 1.165) is 12.0 Å². The van der Waals surface area contributed by atoms with E-state index in [4.69, 9.17) is 12.2 Å². The highest BCUT2D eigenvalue weighted by atomic mass is 32.1. The van der Waals surface area contributed by atoms with Gasteiger partial charge < -0.3 is 5.32 Å². The van der Waals surface area contributed by atoms with Gasteiger partial charge in [0.25, 0.3) is 5.91 Å². The summed E-state index contributed by atoms with van der Waals surface area (Å²) in [6.07, 6.45) is 0.862. The molecule has 2 aromatic carbocycles. The first-order valence-electron chi connectivity index (χ1n) is 6.85. The van der Waals surface area contributed by atoms with E-state index < -0.39 is 0 Å². The van der Waals surface area contributed by atoms with Crippen molar-refractivity contribution in [3.05, 3.63) is 71.3 Å². The first kappa shape index (κ1) is 15.2. The maximum absolute atomic E-state index is 12.0. The Morgan fingerprint density at radius 2 is 1.86 bits per heavy atom. The number of hydrogen-bond donors (Lipinski definition) is 2. The smallest absolute Gasteiger partial charge is 0.257 e. The van der Waals surface area contributed by atoms with Gasteiger partial charge >= 0.3 is 0 Å². The van der Waals surface area contributed by atoms with E-state index in [1.165, 1.54) is 5.56 Å². The standard InChI is InChI=1S/C17H18N2OS/c1-13-6-5-9-15(12-13)16(20)19-17(21)18-11-10-14-7-3-2-4-8-14/h2-9,12H,10-11H2,1H3,(H2,18,19,20,21). The fourth-order valence-electron chi connectivity index (χ4n) is 1.97. The van der Waals surface area contributed by atoms with Crippen LogP contribution >= 0.6 is 12.2 Å². The average molecular weight is 298 g/mol. The van der Waals surface area contributed by atoms with Crippen molar-refractivity contribution in [2.45, 2.75) is 13.3 Å². The van der Waals surface area contributed by atoms with Crippen molar-refractivity contribution in [2.75, 3.05) is 6.54 Å². The molecule has 0 unspecified atom stereocenters. The van der Waals surface area contributed by atoms with Crippen LogP contribution in [0.5, 0.6) is 0 Å². The van der Waals surface area contributed by atoms with Crippen LogP contribution in [0.1, 0.15) is 21.5 Å². The molecule has 2 aromatic rings. The van der Waals surface area contributed by atoms with Gasteiger partial charge in [-0.05, 0) is 43.3 Å². The second-order valence-electron chi connectivity index (χ2n) is 4.82. The molecular weight excluding hydrogens is 280 g/mol. The highest BCUT2D eigenvalue weighted by molar-refractivity contribution is 7.80. The number of aryl methyl sites for hydroxylation is 1. The molecule has 2 rings (SSSR count). The maximum atomic E-state index is 12.0. The van der Waals surface area contributed by atoms with Crippen molar-refractivity contribution >= 4 is 23.2 Å². The Morgan fingerprint density at radius 1 is 1.10 bits per heavy atom. The molecule has 2 N–H and O–H groups in total. The Balaban J connectivity index is 1.78. The minimum atomic E-state index is -0.184. The van der Waals surface area contributed by atoms with E-state index >= 15 is 0 Å². The van der Waals surface area contributed by atoms with Gasteiger partial charge in [0.15, 0.2) is 5.11 Å².